The molecule has 0 aliphatic carbocycles. The van der Waals surface area contributed by atoms with Gasteiger partial charge in [-0.2, -0.15) is 0 Å². The van der Waals surface area contributed by atoms with Crippen LogP contribution in [0.3, 0.4) is 0 Å². The number of rotatable bonds is 5. The van der Waals surface area contributed by atoms with Gasteiger partial charge in [0.1, 0.15) is 5.15 Å². The van der Waals surface area contributed by atoms with Crippen LogP contribution in [0.15, 0.2) is 59.8 Å². The average molecular weight is 424 g/mol. The molecule has 3 heterocycles. The zero-order chi connectivity index (χ0) is 20.2. The molecule has 144 valence electrons. The zero-order valence-corrected chi connectivity index (χ0v) is 16.4. The number of nitrogen functional groups attached to an aromatic ring is 1. The van der Waals surface area contributed by atoms with E-state index in [1.165, 1.54) is 23.6 Å². The molecule has 4 rings (SSSR count). The van der Waals surface area contributed by atoms with Crippen LogP contribution in [0.25, 0.3) is 11.3 Å². The lowest BCUT2D eigenvalue weighted by atomic mass is 10.2. The molecule has 0 aliphatic heterocycles. The van der Waals surface area contributed by atoms with E-state index in [0.29, 0.717) is 28.6 Å². The Hall–Kier alpha value is -3.56. The lowest BCUT2D eigenvalue weighted by Crippen LogP contribution is -2.13. The SMILES string of the molecule is Nc1cnc(Cl)cc1NC(=O)c1cccc(Nc2ncc(-c3cscn3)cn2)c1. The summed E-state index contributed by atoms with van der Waals surface area (Å²) in [6.45, 7) is 0. The number of anilines is 4. The minimum absolute atomic E-state index is 0.239. The Balaban J connectivity index is 1.48. The Morgan fingerprint density at radius 2 is 1.90 bits per heavy atom. The monoisotopic (exact) mass is 423 g/mol. The van der Waals surface area contributed by atoms with Crippen molar-refractivity contribution in [3.05, 3.63) is 70.5 Å². The second-order valence-electron chi connectivity index (χ2n) is 5.92. The number of aromatic nitrogens is 4. The van der Waals surface area contributed by atoms with Crippen LogP contribution in [0.4, 0.5) is 23.0 Å². The molecule has 4 aromatic rings. The van der Waals surface area contributed by atoms with Crippen LogP contribution in [0, 0.1) is 0 Å². The lowest BCUT2D eigenvalue weighted by molar-refractivity contribution is 0.102. The van der Waals surface area contributed by atoms with Crippen LogP contribution in [-0.2, 0) is 0 Å². The summed E-state index contributed by atoms with van der Waals surface area (Å²) in [6.07, 6.45) is 4.77. The van der Waals surface area contributed by atoms with Gasteiger partial charge in [-0.1, -0.05) is 17.7 Å². The van der Waals surface area contributed by atoms with Crippen LogP contribution in [0.2, 0.25) is 5.15 Å². The van der Waals surface area contributed by atoms with Gasteiger partial charge in [0.2, 0.25) is 5.95 Å². The van der Waals surface area contributed by atoms with Crippen molar-refractivity contribution in [2.75, 3.05) is 16.4 Å². The van der Waals surface area contributed by atoms with Gasteiger partial charge in [0, 0.05) is 40.7 Å². The number of hydrogen-bond acceptors (Lipinski definition) is 8. The van der Waals surface area contributed by atoms with E-state index in [0.717, 1.165) is 11.3 Å². The number of carbonyl (C=O) groups is 1. The number of nitrogens with two attached hydrogens (primary N) is 1. The highest BCUT2D eigenvalue weighted by Gasteiger charge is 2.10. The van der Waals surface area contributed by atoms with Gasteiger partial charge in [0.25, 0.3) is 5.91 Å². The number of nitrogens with zero attached hydrogens (tertiary/aromatic N) is 4. The van der Waals surface area contributed by atoms with Gasteiger partial charge in [0.15, 0.2) is 0 Å². The van der Waals surface area contributed by atoms with E-state index in [4.69, 9.17) is 17.3 Å². The number of thiazole rings is 1. The van der Waals surface area contributed by atoms with Gasteiger partial charge >= 0.3 is 0 Å². The number of pyridine rings is 1. The van der Waals surface area contributed by atoms with Crippen molar-refractivity contribution in [2.24, 2.45) is 0 Å². The molecule has 0 bridgehead atoms. The van der Waals surface area contributed by atoms with Crippen molar-refractivity contribution in [3.63, 3.8) is 0 Å². The minimum Gasteiger partial charge on any atom is -0.396 e. The van der Waals surface area contributed by atoms with Crippen molar-refractivity contribution < 1.29 is 4.79 Å². The van der Waals surface area contributed by atoms with Crippen molar-refractivity contribution in [2.45, 2.75) is 0 Å². The summed E-state index contributed by atoms with van der Waals surface area (Å²) in [5.74, 6) is 0.0779. The van der Waals surface area contributed by atoms with Crippen LogP contribution < -0.4 is 16.4 Å². The number of halogens is 1. The molecule has 0 unspecified atom stereocenters. The largest absolute Gasteiger partial charge is 0.396 e. The maximum absolute atomic E-state index is 12.6. The molecule has 0 aliphatic rings. The van der Waals surface area contributed by atoms with E-state index < -0.39 is 0 Å². The standard InChI is InChI=1S/C19H14ClN7OS/c20-17-5-15(14(21)8-22-17)27-18(28)11-2-1-3-13(4-11)26-19-23-6-12(7-24-19)16-9-29-10-25-16/h1-10H,21H2,(H,22,27,28)(H,23,24,26). The summed E-state index contributed by atoms with van der Waals surface area (Å²) in [5.41, 5.74) is 11.1. The second-order valence-corrected chi connectivity index (χ2v) is 7.03. The lowest BCUT2D eigenvalue weighted by Gasteiger charge is -2.10. The Bertz CT molecular complexity index is 1150. The van der Waals surface area contributed by atoms with Crippen molar-refractivity contribution in [1.82, 2.24) is 19.9 Å². The van der Waals surface area contributed by atoms with Gasteiger partial charge in [-0.05, 0) is 18.2 Å². The first-order chi connectivity index (χ1) is 14.1. The highest BCUT2D eigenvalue weighted by atomic mass is 35.5. The van der Waals surface area contributed by atoms with Crippen LogP contribution in [0.5, 0.6) is 0 Å². The fourth-order valence-corrected chi connectivity index (χ4v) is 3.21. The molecule has 0 radical (unpaired) electrons. The molecular formula is C19H14ClN7OS. The van der Waals surface area contributed by atoms with Gasteiger partial charge in [-0.25, -0.2) is 19.9 Å². The Labute approximate surface area is 174 Å². The summed E-state index contributed by atoms with van der Waals surface area (Å²) in [4.78, 5) is 29.3. The molecule has 1 amide bonds. The number of benzene rings is 1. The zero-order valence-electron chi connectivity index (χ0n) is 14.8. The molecule has 1 aromatic carbocycles. The van der Waals surface area contributed by atoms with Gasteiger partial charge < -0.3 is 16.4 Å². The fraction of sp³-hybridized carbons (Fsp3) is 0. The topological polar surface area (TPSA) is 119 Å². The molecule has 0 atom stereocenters. The highest BCUT2D eigenvalue weighted by Crippen LogP contribution is 2.23. The first-order valence-electron chi connectivity index (χ1n) is 8.38. The Morgan fingerprint density at radius 3 is 2.66 bits per heavy atom. The van der Waals surface area contributed by atoms with E-state index >= 15 is 0 Å². The summed E-state index contributed by atoms with van der Waals surface area (Å²) in [6, 6.07) is 8.43. The number of nitrogens with one attached hydrogen (secondary N) is 2. The number of carbonyl (C=O) groups excluding carboxylic acids is 1. The van der Waals surface area contributed by atoms with Crippen molar-refractivity contribution in [1.29, 1.82) is 0 Å². The Morgan fingerprint density at radius 1 is 1.07 bits per heavy atom. The van der Waals surface area contributed by atoms with Crippen LogP contribution in [-0.4, -0.2) is 25.8 Å². The summed E-state index contributed by atoms with van der Waals surface area (Å²) >= 11 is 7.37. The molecule has 0 saturated carbocycles. The molecule has 29 heavy (non-hydrogen) atoms. The predicted octanol–water partition coefficient (Wildman–Crippen LogP) is 4.23. The first kappa shape index (κ1) is 18.8. The van der Waals surface area contributed by atoms with Gasteiger partial charge in [-0.15, -0.1) is 11.3 Å². The quantitative estimate of drug-likeness (QED) is 0.411. The maximum atomic E-state index is 12.6. The summed E-state index contributed by atoms with van der Waals surface area (Å²) in [5, 5.41) is 7.97. The van der Waals surface area contributed by atoms with Gasteiger partial charge in [-0.3, -0.25) is 4.79 Å². The smallest absolute Gasteiger partial charge is 0.255 e. The molecule has 3 aromatic heterocycles. The van der Waals surface area contributed by atoms with Crippen LogP contribution >= 0.6 is 22.9 Å². The number of hydrogen-bond donors (Lipinski definition) is 3. The average Bonchev–Trinajstić information content (AvgIpc) is 3.26. The maximum Gasteiger partial charge on any atom is 0.255 e. The van der Waals surface area contributed by atoms with E-state index in [-0.39, 0.29) is 11.1 Å². The normalized spacial score (nSPS) is 10.5. The van der Waals surface area contributed by atoms with Crippen molar-refractivity contribution in [3.8, 4) is 11.3 Å². The van der Waals surface area contributed by atoms with E-state index in [2.05, 4.69) is 30.6 Å². The van der Waals surface area contributed by atoms with E-state index in [9.17, 15) is 4.79 Å². The molecule has 8 nitrogen and oxygen atoms in total. The Kier molecular flexibility index (Phi) is 5.32. The summed E-state index contributed by atoms with van der Waals surface area (Å²) in [7, 11) is 0. The minimum atomic E-state index is -0.331. The third-order valence-corrected chi connectivity index (χ3v) is 4.70. The van der Waals surface area contributed by atoms with E-state index in [1.54, 1.807) is 36.1 Å². The van der Waals surface area contributed by atoms with Crippen LogP contribution in [0.1, 0.15) is 10.4 Å². The first-order valence-corrected chi connectivity index (χ1v) is 9.70. The summed E-state index contributed by atoms with van der Waals surface area (Å²) < 4.78 is 0. The molecule has 10 heteroatoms. The van der Waals surface area contributed by atoms with Crippen molar-refractivity contribution >= 4 is 51.9 Å². The van der Waals surface area contributed by atoms with Gasteiger partial charge in [0.05, 0.1) is 28.8 Å². The molecular weight excluding hydrogens is 410 g/mol. The molecule has 4 N–H and O–H groups in total. The third kappa shape index (κ3) is 4.48. The number of amides is 1. The third-order valence-electron chi connectivity index (χ3n) is 3.91. The van der Waals surface area contributed by atoms with E-state index in [1.807, 2.05) is 11.4 Å². The predicted molar refractivity (Wildman–Crippen MR) is 114 cm³/mol. The second kappa shape index (κ2) is 8.21. The fourth-order valence-electron chi connectivity index (χ4n) is 2.49. The molecule has 0 spiro atoms. The highest BCUT2D eigenvalue weighted by molar-refractivity contribution is 7.07. The molecule has 0 saturated heterocycles. The molecule has 0 fully saturated rings.